The van der Waals surface area contributed by atoms with Gasteiger partial charge in [0.25, 0.3) is 5.91 Å². The first kappa shape index (κ1) is 20.1. The van der Waals surface area contributed by atoms with Crippen LogP contribution in [0.15, 0.2) is 41.7 Å². The summed E-state index contributed by atoms with van der Waals surface area (Å²) in [6.45, 7) is 2.46. The van der Waals surface area contributed by atoms with Gasteiger partial charge in [-0.3, -0.25) is 9.20 Å². The topological polar surface area (TPSA) is 85.1 Å². The highest BCUT2D eigenvalue weighted by molar-refractivity contribution is 7.98. The van der Waals surface area contributed by atoms with Crippen molar-refractivity contribution in [2.75, 3.05) is 0 Å². The lowest BCUT2D eigenvalue weighted by atomic mass is 10.1. The lowest BCUT2D eigenvalue weighted by Crippen LogP contribution is -2.22. The molecule has 0 aliphatic heterocycles. The number of carbonyl (C=O) groups excluding carboxylic acids is 1. The largest absolute Gasteiger partial charge is 0.346 e. The zero-order valence-electron chi connectivity index (χ0n) is 15.1. The fraction of sp³-hybridized carbons (Fsp3) is 0.167. The van der Waals surface area contributed by atoms with Crippen LogP contribution in [0.1, 0.15) is 25.9 Å². The second kappa shape index (κ2) is 8.66. The first-order valence-electron chi connectivity index (χ1n) is 8.48. The second-order valence-corrected chi connectivity index (χ2v) is 8.99. The number of hydrogen-bond donors (Lipinski definition) is 1. The van der Waals surface area contributed by atoms with Gasteiger partial charge in [0.2, 0.25) is 5.01 Å². The highest BCUT2D eigenvalue weighted by Crippen LogP contribution is 2.27. The predicted molar refractivity (Wildman–Crippen MR) is 115 cm³/mol. The van der Waals surface area contributed by atoms with E-state index in [1.165, 1.54) is 28.7 Å². The summed E-state index contributed by atoms with van der Waals surface area (Å²) in [6.07, 6.45) is 1.70. The van der Waals surface area contributed by atoms with E-state index in [2.05, 4.69) is 25.7 Å². The van der Waals surface area contributed by atoms with Crippen LogP contribution in [0, 0.1) is 6.92 Å². The van der Waals surface area contributed by atoms with E-state index in [0.717, 1.165) is 5.56 Å². The third-order valence-corrected chi connectivity index (χ3v) is 6.50. The molecule has 0 radical (unpaired) electrons. The zero-order chi connectivity index (χ0) is 20.4. The van der Waals surface area contributed by atoms with Crippen LogP contribution in [0.5, 0.6) is 0 Å². The van der Waals surface area contributed by atoms with Crippen LogP contribution in [0.25, 0.3) is 5.65 Å². The standard InChI is InChI=1S/C18H14Cl2N6OS2/c1-10-2-4-11(5-3-10)7-21-16(27)17-24-22-14(29-17)9-28-18-25-23-15-13(20)6-12(19)8-26(15)18/h2-6,8H,7,9H2,1H3,(H,21,27). The van der Waals surface area contributed by atoms with Gasteiger partial charge in [-0.15, -0.1) is 20.4 Å². The number of carbonyl (C=O) groups is 1. The summed E-state index contributed by atoms with van der Waals surface area (Å²) >= 11 is 14.8. The van der Waals surface area contributed by atoms with Crippen molar-refractivity contribution in [1.82, 2.24) is 30.1 Å². The van der Waals surface area contributed by atoms with Crippen LogP contribution >= 0.6 is 46.3 Å². The molecule has 7 nitrogen and oxygen atoms in total. The number of thioether (sulfide) groups is 1. The Morgan fingerprint density at radius 3 is 2.76 bits per heavy atom. The molecule has 4 rings (SSSR count). The number of benzene rings is 1. The second-order valence-electron chi connectivity index (χ2n) is 6.14. The summed E-state index contributed by atoms with van der Waals surface area (Å²) in [5.41, 5.74) is 2.74. The molecule has 0 saturated carbocycles. The molecule has 1 aromatic carbocycles. The monoisotopic (exact) mass is 464 g/mol. The Labute approximate surface area is 184 Å². The van der Waals surface area contributed by atoms with Gasteiger partial charge in [0.05, 0.1) is 15.8 Å². The molecular formula is C18H14Cl2N6OS2. The van der Waals surface area contributed by atoms with Gasteiger partial charge in [-0.05, 0) is 18.6 Å². The molecule has 0 bridgehead atoms. The van der Waals surface area contributed by atoms with Gasteiger partial charge in [-0.25, -0.2) is 0 Å². The van der Waals surface area contributed by atoms with Crippen LogP contribution in [-0.4, -0.2) is 30.7 Å². The summed E-state index contributed by atoms with van der Waals surface area (Å²) in [6, 6.07) is 9.61. The molecule has 0 spiro atoms. The van der Waals surface area contributed by atoms with E-state index in [1.54, 1.807) is 16.7 Å². The normalized spacial score (nSPS) is 11.1. The SMILES string of the molecule is Cc1ccc(CNC(=O)c2nnc(CSc3nnc4c(Cl)cc(Cl)cn34)s2)cc1. The first-order valence-corrected chi connectivity index (χ1v) is 11.0. The average Bonchev–Trinajstić information content (AvgIpc) is 3.33. The molecule has 0 aliphatic rings. The van der Waals surface area contributed by atoms with Crippen molar-refractivity contribution in [2.45, 2.75) is 24.4 Å². The Kier molecular flexibility index (Phi) is 6.00. The molecule has 4 aromatic rings. The van der Waals surface area contributed by atoms with Gasteiger partial charge >= 0.3 is 0 Å². The smallest absolute Gasteiger partial charge is 0.282 e. The number of hydrogen-bond acceptors (Lipinski definition) is 7. The summed E-state index contributed by atoms with van der Waals surface area (Å²) in [4.78, 5) is 12.3. The third-order valence-electron chi connectivity index (χ3n) is 3.95. The van der Waals surface area contributed by atoms with Crippen molar-refractivity contribution in [1.29, 1.82) is 0 Å². The Morgan fingerprint density at radius 1 is 1.17 bits per heavy atom. The van der Waals surface area contributed by atoms with Gasteiger partial charge < -0.3 is 5.32 Å². The van der Waals surface area contributed by atoms with Crippen molar-refractivity contribution < 1.29 is 4.79 Å². The van der Waals surface area contributed by atoms with Crippen LogP contribution in [-0.2, 0) is 12.3 Å². The maximum atomic E-state index is 12.3. The molecule has 0 saturated heterocycles. The van der Waals surface area contributed by atoms with Crippen molar-refractivity contribution in [2.24, 2.45) is 0 Å². The van der Waals surface area contributed by atoms with Crippen LogP contribution in [0.3, 0.4) is 0 Å². The Bertz CT molecular complexity index is 1180. The van der Waals surface area contributed by atoms with Gasteiger partial charge in [0.1, 0.15) is 5.01 Å². The average molecular weight is 465 g/mol. The Hall–Kier alpha value is -2.20. The summed E-state index contributed by atoms with van der Waals surface area (Å²) in [5, 5.41) is 21.7. The molecular weight excluding hydrogens is 451 g/mol. The Balaban J connectivity index is 1.38. The van der Waals surface area contributed by atoms with E-state index < -0.39 is 0 Å². The highest BCUT2D eigenvalue weighted by Gasteiger charge is 2.15. The third kappa shape index (κ3) is 4.69. The van der Waals surface area contributed by atoms with Crippen molar-refractivity contribution in [3.8, 4) is 0 Å². The van der Waals surface area contributed by atoms with Crippen molar-refractivity contribution >= 4 is 57.9 Å². The summed E-state index contributed by atoms with van der Waals surface area (Å²) in [7, 11) is 0. The number of aromatic nitrogens is 5. The number of halogens is 2. The number of nitrogens with one attached hydrogen (secondary N) is 1. The molecule has 1 N–H and O–H groups in total. The number of fused-ring (bicyclic) bond motifs is 1. The van der Waals surface area contributed by atoms with Crippen LogP contribution in [0.2, 0.25) is 10.0 Å². The fourth-order valence-corrected chi connectivity index (χ4v) is 4.65. The van der Waals surface area contributed by atoms with Gasteiger partial charge in [0.15, 0.2) is 10.8 Å². The molecule has 0 fully saturated rings. The molecule has 3 heterocycles. The fourth-order valence-electron chi connectivity index (χ4n) is 2.49. The van der Waals surface area contributed by atoms with E-state index >= 15 is 0 Å². The minimum absolute atomic E-state index is 0.245. The molecule has 148 valence electrons. The molecule has 1 amide bonds. The van der Waals surface area contributed by atoms with Gasteiger partial charge in [-0.2, -0.15) is 0 Å². The highest BCUT2D eigenvalue weighted by atomic mass is 35.5. The number of nitrogens with zero attached hydrogens (tertiary/aromatic N) is 5. The van der Waals surface area contributed by atoms with Crippen molar-refractivity contribution in [3.63, 3.8) is 0 Å². The molecule has 29 heavy (non-hydrogen) atoms. The summed E-state index contributed by atoms with van der Waals surface area (Å²) < 4.78 is 1.73. The number of aryl methyl sites for hydroxylation is 1. The Morgan fingerprint density at radius 2 is 1.97 bits per heavy atom. The van der Waals surface area contributed by atoms with E-state index in [0.29, 0.717) is 43.2 Å². The van der Waals surface area contributed by atoms with E-state index in [4.69, 9.17) is 23.2 Å². The van der Waals surface area contributed by atoms with Crippen LogP contribution in [0.4, 0.5) is 0 Å². The summed E-state index contributed by atoms with van der Waals surface area (Å²) in [5.74, 6) is 0.249. The minimum atomic E-state index is -0.245. The van der Waals surface area contributed by atoms with Crippen molar-refractivity contribution in [3.05, 3.63) is 67.7 Å². The predicted octanol–water partition coefficient (Wildman–Crippen LogP) is 4.42. The maximum Gasteiger partial charge on any atom is 0.282 e. The quantitative estimate of drug-likeness (QED) is 0.425. The van der Waals surface area contributed by atoms with E-state index in [-0.39, 0.29) is 5.91 Å². The minimum Gasteiger partial charge on any atom is -0.346 e. The number of pyridine rings is 1. The van der Waals surface area contributed by atoms with Crippen LogP contribution < -0.4 is 5.32 Å². The van der Waals surface area contributed by atoms with E-state index in [1.807, 2.05) is 31.2 Å². The maximum absolute atomic E-state index is 12.3. The van der Waals surface area contributed by atoms with E-state index in [9.17, 15) is 4.79 Å². The molecule has 0 atom stereocenters. The molecule has 3 aromatic heterocycles. The lowest BCUT2D eigenvalue weighted by molar-refractivity contribution is 0.0950. The number of rotatable bonds is 6. The zero-order valence-corrected chi connectivity index (χ0v) is 18.2. The molecule has 11 heteroatoms. The van der Waals surface area contributed by atoms with Gasteiger partial charge in [-0.1, -0.05) is 76.1 Å². The number of amides is 1. The molecule has 0 aliphatic carbocycles. The van der Waals surface area contributed by atoms with Gasteiger partial charge in [0, 0.05) is 12.7 Å². The lowest BCUT2D eigenvalue weighted by Gasteiger charge is -2.03. The first-order chi connectivity index (χ1) is 14.0. The molecule has 0 unspecified atom stereocenters.